The summed E-state index contributed by atoms with van der Waals surface area (Å²) in [6.07, 6.45) is 1.95. The summed E-state index contributed by atoms with van der Waals surface area (Å²) in [6.45, 7) is 2.34. The van der Waals surface area contributed by atoms with Gasteiger partial charge in [0.1, 0.15) is 0 Å². The third kappa shape index (κ3) is 3.43. The van der Waals surface area contributed by atoms with Crippen molar-refractivity contribution in [1.82, 2.24) is 0 Å². The van der Waals surface area contributed by atoms with Crippen molar-refractivity contribution in [3.8, 4) is 0 Å². The van der Waals surface area contributed by atoms with E-state index >= 15 is 0 Å². The summed E-state index contributed by atoms with van der Waals surface area (Å²) < 4.78 is 2.48. The van der Waals surface area contributed by atoms with Crippen LogP contribution in [0.15, 0.2) is 30.3 Å². The minimum absolute atomic E-state index is 0.0352. The molecule has 0 radical (unpaired) electrons. The van der Waals surface area contributed by atoms with Gasteiger partial charge < -0.3 is 0 Å². The van der Waals surface area contributed by atoms with Crippen LogP contribution in [-0.2, 0) is 4.43 Å². The first-order chi connectivity index (χ1) is 7.68. The molecule has 16 heavy (non-hydrogen) atoms. The maximum absolute atomic E-state index is 9.53. The number of alkyl halides is 1. The molecule has 1 aromatic rings. The van der Waals surface area contributed by atoms with Gasteiger partial charge in [-0.2, -0.15) is 0 Å². The van der Waals surface area contributed by atoms with Crippen LogP contribution in [0.3, 0.4) is 0 Å². The van der Waals surface area contributed by atoms with Crippen molar-refractivity contribution in [2.75, 3.05) is 20.1 Å². The molecular formula is C13H20INO. The third-order valence-electron chi connectivity index (χ3n) is 3.20. The summed E-state index contributed by atoms with van der Waals surface area (Å²) in [6, 6.07) is 10.8. The van der Waals surface area contributed by atoms with Crippen LogP contribution in [0.25, 0.3) is 0 Å². The third-order valence-corrected chi connectivity index (χ3v) is 7.04. The predicted molar refractivity (Wildman–Crippen MR) is 61.3 cm³/mol. The first-order valence-electron chi connectivity index (χ1n) is 5.85. The van der Waals surface area contributed by atoms with Crippen LogP contribution in [-0.4, -0.2) is 34.0 Å². The Bertz CT molecular complexity index is 320. The SMILES string of the molecule is C[N+]1([I-]Cc2ccccc2)CCC(O)CC1. The van der Waals surface area contributed by atoms with E-state index < -0.39 is 0 Å². The van der Waals surface area contributed by atoms with E-state index in [0.29, 0.717) is 0 Å². The van der Waals surface area contributed by atoms with Crippen molar-refractivity contribution in [2.24, 2.45) is 0 Å². The van der Waals surface area contributed by atoms with Gasteiger partial charge in [0, 0.05) is 0 Å². The number of likely N-dealkylation sites (tertiary alicyclic amines) is 1. The van der Waals surface area contributed by atoms with Gasteiger partial charge >= 0.3 is 109 Å². The van der Waals surface area contributed by atoms with Crippen molar-refractivity contribution >= 4 is 0 Å². The monoisotopic (exact) mass is 333 g/mol. The summed E-state index contributed by atoms with van der Waals surface area (Å²) in [5, 5.41) is 9.53. The van der Waals surface area contributed by atoms with Gasteiger partial charge in [0.15, 0.2) is 0 Å². The van der Waals surface area contributed by atoms with Crippen LogP contribution in [0.5, 0.6) is 0 Å². The molecule has 1 heterocycles. The summed E-state index contributed by atoms with van der Waals surface area (Å²) in [7, 11) is 2.36. The number of hydrogen-bond donors (Lipinski definition) is 1. The molecule has 3 heteroatoms. The van der Waals surface area contributed by atoms with Crippen molar-refractivity contribution in [1.29, 1.82) is 0 Å². The molecule has 0 aliphatic carbocycles. The van der Waals surface area contributed by atoms with Crippen molar-refractivity contribution in [3.05, 3.63) is 35.9 Å². The average molecular weight is 333 g/mol. The number of hydrogen-bond acceptors (Lipinski definition) is 1. The molecule has 0 unspecified atom stereocenters. The molecule has 0 spiro atoms. The second-order valence-electron chi connectivity index (χ2n) is 4.68. The van der Waals surface area contributed by atoms with Gasteiger partial charge in [-0.1, -0.05) is 0 Å². The zero-order chi connectivity index (χ0) is 11.4. The zero-order valence-electron chi connectivity index (χ0n) is 9.77. The Kier molecular flexibility index (Phi) is 4.21. The molecule has 1 fully saturated rings. The van der Waals surface area contributed by atoms with Crippen LogP contribution in [0, 0.1) is 0 Å². The molecule has 1 aliphatic heterocycles. The Labute approximate surface area is 108 Å². The van der Waals surface area contributed by atoms with Gasteiger partial charge in [0.25, 0.3) is 0 Å². The molecule has 1 aliphatic rings. The second-order valence-corrected chi connectivity index (χ2v) is 8.46. The number of halogens is 1. The van der Waals surface area contributed by atoms with E-state index in [-0.39, 0.29) is 27.6 Å². The number of rotatable bonds is 3. The Balaban J connectivity index is 1.85. The van der Waals surface area contributed by atoms with Crippen molar-refractivity contribution in [3.63, 3.8) is 0 Å². The Hall–Kier alpha value is -0.130. The van der Waals surface area contributed by atoms with E-state index in [4.69, 9.17) is 0 Å². The van der Waals surface area contributed by atoms with Gasteiger partial charge in [-0.3, -0.25) is 0 Å². The van der Waals surface area contributed by atoms with Crippen LogP contribution < -0.4 is 21.5 Å². The fourth-order valence-corrected chi connectivity index (χ4v) is 4.96. The quantitative estimate of drug-likeness (QED) is 0.418. The van der Waals surface area contributed by atoms with E-state index in [1.807, 2.05) is 0 Å². The Morgan fingerprint density at radius 2 is 1.88 bits per heavy atom. The minimum atomic E-state index is -0.0352. The molecule has 1 N–H and O–H groups in total. The topological polar surface area (TPSA) is 20.2 Å². The maximum atomic E-state index is 9.53. The van der Waals surface area contributed by atoms with E-state index in [1.165, 1.54) is 25.8 Å². The summed E-state index contributed by atoms with van der Waals surface area (Å²) in [4.78, 5) is 0. The molecule has 0 saturated carbocycles. The van der Waals surface area contributed by atoms with Crippen LogP contribution in [0.2, 0.25) is 0 Å². The number of benzene rings is 1. The summed E-state index contributed by atoms with van der Waals surface area (Å²) in [5.41, 5.74) is 1.47. The molecule has 0 atom stereocenters. The van der Waals surface area contributed by atoms with Gasteiger partial charge in [-0.25, -0.2) is 0 Å². The van der Waals surface area contributed by atoms with E-state index in [0.717, 1.165) is 12.8 Å². The normalized spacial score (nSPS) is 30.5. The first kappa shape index (κ1) is 12.3. The summed E-state index contributed by atoms with van der Waals surface area (Å²) in [5.74, 6) is 0. The van der Waals surface area contributed by atoms with Gasteiger partial charge in [-0.15, -0.1) is 0 Å². The number of aliphatic hydroxyl groups is 1. The van der Waals surface area contributed by atoms with Crippen molar-refractivity contribution < 1.29 is 29.3 Å². The fraction of sp³-hybridized carbons (Fsp3) is 0.538. The van der Waals surface area contributed by atoms with Gasteiger partial charge in [0.05, 0.1) is 0 Å². The number of aliphatic hydroxyl groups excluding tert-OH is 1. The van der Waals surface area contributed by atoms with Gasteiger partial charge in [-0.05, 0) is 0 Å². The molecule has 0 aromatic heterocycles. The fourth-order valence-electron chi connectivity index (χ4n) is 1.99. The summed E-state index contributed by atoms with van der Waals surface area (Å²) >= 11 is 0.148. The molecule has 1 saturated heterocycles. The van der Waals surface area contributed by atoms with Crippen molar-refractivity contribution in [2.45, 2.75) is 23.4 Å². The number of nitrogens with zero attached hydrogens (tertiary/aromatic N) is 1. The molecule has 0 amide bonds. The van der Waals surface area contributed by atoms with E-state index in [1.54, 1.807) is 0 Å². The standard InChI is InChI=1S/C13H20INO/c1-15(9-7-13(16)8-10-15)14-11-12-5-3-2-4-6-12/h2-6,13,16H,7-11H2,1H3. The van der Waals surface area contributed by atoms with Gasteiger partial charge in [0.2, 0.25) is 0 Å². The molecular weight excluding hydrogens is 313 g/mol. The average Bonchev–Trinajstić information content (AvgIpc) is 2.33. The zero-order valence-corrected chi connectivity index (χ0v) is 11.9. The van der Waals surface area contributed by atoms with E-state index in [2.05, 4.69) is 37.4 Å². The predicted octanol–water partition coefficient (Wildman–Crippen LogP) is -1.21. The molecule has 0 bridgehead atoms. The van der Waals surface area contributed by atoms with Crippen LogP contribution in [0.4, 0.5) is 0 Å². The Morgan fingerprint density at radius 1 is 1.25 bits per heavy atom. The second kappa shape index (κ2) is 5.47. The number of quaternary nitrogens is 1. The Morgan fingerprint density at radius 3 is 2.50 bits per heavy atom. The molecule has 1 aromatic carbocycles. The van der Waals surface area contributed by atoms with Crippen LogP contribution in [0.1, 0.15) is 18.4 Å². The van der Waals surface area contributed by atoms with Crippen LogP contribution >= 0.6 is 0 Å². The molecule has 2 nitrogen and oxygen atoms in total. The first-order valence-corrected chi connectivity index (χ1v) is 8.35. The molecule has 90 valence electrons. The number of piperidine rings is 1. The molecule has 2 rings (SSSR count). The van der Waals surface area contributed by atoms with E-state index in [9.17, 15) is 5.11 Å².